The van der Waals surface area contributed by atoms with Crippen molar-refractivity contribution in [1.82, 2.24) is 0 Å². The van der Waals surface area contributed by atoms with Crippen molar-refractivity contribution in [3.05, 3.63) is 42.5 Å². The molecule has 0 N–H and O–H groups in total. The van der Waals surface area contributed by atoms with Gasteiger partial charge in [-0.3, -0.25) is 0 Å². The van der Waals surface area contributed by atoms with E-state index in [-0.39, 0.29) is 12.6 Å². The second kappa shape index (κ2) is 6.55. The predicted molar refractivity (Wildman–Crippen MR) is 76.2 cm³/mol. The standard InChI is InChI=1S/C16H20O3/c1-4-17-12(2)18-13(3)19-16-10-9-14-7-5-6-8-15(14)11-16/h5-13H,4H2,1-3H3. The molecule has 2 atom stereocenters. The molecule has 0 aromatic heterocycles. The Balaban J connectivity index is 2.00. The Bertz CT molecular complexity index is 524. The SMILES string of the molecule is CCOC(C)OC(C)Oc1ccc2ccccc2c1. The van der Waals surface area contributed by atoms with Crippen LogP contribution in [0.15, 0.2) is 42.5 Å². The van der Waals surface area contributed by atoms with E-state index >= 15 is 0 Å². The fourth-order valence-corrected chi connectivity index (χ4v) is 2.00. The van der Waals surface area contributed by atoms with Gasteiger partial charge >= 0.3 is 0 Å². The van der Waals surface area contributed by atoms with Gasteiger partial charge in [-0.15, -0.1) is 0 Å². The lowest BCUT2D eigenvalue weighted by Crippen LogP contribution is -2.24. The van der Waals surface area contributed by atoms with Crippen LogP contribution >= 0.6 is 0 Å². The number of hydrogen-bond donors (Lipinski definition) is 0. The summed E-state index contributed by atoms with van der Waals surface area (Å²) in [6, 6.07) is 14.2. The second-order valence-corrected chi connectivity index (χ2v) is 4.35. The minimum atomic E-state index is -0.345. The van der Waals surface area contributed by atoms with Crippen molar-refractivity contribution in [3.8, 4) is 5.75 Å². The lowest BCUT2D eigenvalue weighted by molar-refractivity contribution is -0.202. The van der Waals surface area contributed by atoms with Crippen LogP contribution in [0.1, 0.15) is 20.8 Å². The second-order valence-electron chi connectivity index (χ2n) is 4.35. The maximum absolute atomic E-state index is 5.74. The molecule has 0 heterocycles. The molecular formula is C16H20O3. The average molecular weight is 260 g/mol. The van der Waals surface area contributed by atoms with Crippen LogP contribution in [0, 0.1) is 0 Å². The molecular weight excluding hydrogens is 240 g/mol. The first kappa shape index (κ1) is 13.8. The number of fused-ring (bicyclic) bond motifs is 1. The van der Waals surface area contributed by atoms with Gasteiger partial charge in [0, 0.05) is 6.61 Å². The summed E-state index contributed by atoms with van der Waals surface area (Å²) in [6.07, 6.45) is -0.608. The molecule has 3 nitrogen and oxygen atoms in total. The molecule has 3 heteroatoms. The van der Waals surface area contributed by atoms with Crippen molar-refractivity contribution < 1.29 is 14.2 Å². The highest BCUT2D eigenvalue weighted by molar-refractivity contribution is 5.83. The van der Waals surface area contributed by atoms with Crippen molar-refractivity contribution in [2.24, 2.45) is 0 Å². The largest absolute Gasteiger partial charge is 0.465 e. The summed E-state index contributed by atoms with van der Waals surface area (Å²) in [7, 11) is 0. The topological polar surface area (TPSA) is 27.7 Å². The van der Waals surface area contributed by atoms with Crippen LogP contribution in [0.3, 0.4) is 0 Å². The van der Waals surface area contributed by atoms with Crippen LogP contribution in [-0.4, -0.2) is 19.2 Å². The average Bonchev–Trinajstić information content (AvgIpc) is 2.38. The van der Waals surface area contributed by atoms with Crippen LogP contribution < -0.4 is 4.74 Å². The number of benzene rings is 2. The third kappa shape index (κ3) is 3.94. The van der Waals surface area contributed by atoms with Gasteiger partial charge in [0.2, 0.25) is 0 Å². The molecule has 2 aromatic carbocycles. The fraction of sp³-hybridized carbons (Fsp3) is 0.375. The van der Waals surface area contributed by atoms with E-state index in [0.29, 0.717) is 6.61 Å². The number of rotatable bonds is 6. The quantitative estimate of drug-likeness (QED) is 0.736. The number of hydrogen-bond acceptors (Lipinski definition) is 3. The van der Waals surface area contributed by atoms with Gasteiger partial charge in [0.25, 0.3) is 0 Å². The minimum absolute atomic E-state index is 0.263. The summed E-state index contributed by atoms with van der Waals surface area (Å²) in [5.41, 5.74) is 0. The van der Waals surface area contributed by atoms with Gasteiger partial charge in [-0.25, -0.2) is 0 Å². The summed E-state index contributed by atoms with van der Waals surface area (Å²) in [4.78, 5) is 0. The van der Waals surface area contributed by atoms with Crippen LogP contribution in [0.25, 0.3) is 10.8 Å². The maximum atomic E-state index is 5.74. The molecule has 2 rings (SSSR count). The van der Waals surface area contributed by atoms with Crippen LogP contribution in [-0.2, 0) is 9.47 Å². The Labute approximate surface area is 114 Å². The summed E-state index contributed by atoms with van der Waals surface area (Å²) in [6.45, 7) is 6.30. The van der Waals surface area contributed by atoms with Gasteiger partial charge in [-0.1, -0.05) is 30.3 Å². The molecule has 0 saturated heterocycles. The lowest BCUT2D eigenvalue weighted by Gasteiger charge is -2.20. The van der Waals surface area contributed by atoms with Crippen molar-refractivity contribution in [2.45, 2.75) is 33.4 Å². The van der Waals surface area contributed by atoms with Gasteiger partial charge < -0.3 is 14.2 Å². The Hall–Kier alpha value is -1.58. The van der Waals surface area contributed by atoms with Crippen molar-refractivity contribution in [2.75, 3.05) is 6.61 Å². The number of ether oxygens (including phenoxy) is 3. The molecule has 0 aliphatic rings. The van der Waals surface area contributed by atoms with Gasteiger partial charge in [0.05, 0.1) is 0 Å². The zero-order valence-electron chi connectivity index (χ0n) is 11.6. The summed E-state index contributed by atoms with van der Waals surface area (Å²) < 4.78 is 16.6. The van der Waals surface area contributed by atoms with Crippen LogP contribution in [0.2, 0.25) is 0 Å². The first-order valence-corrected chi connectivity index (χ1v) is 6.61. The molecule has 0 aliphatic carbocycles. The molecule has 0 spiro atoms. The zero-order chi connectivity index (χ0) is 13.7. The molecule has 0 aliphatic heterocycles. The predicted octanol–water partition coefficient (Wildman–Crippen LogP) is 3.96. The van der Waals surface area contributed by atoms with E-state index in [9.17, 15) is 0 Å². The normalized spacial score (nSPS) is 14.3. The van der Waals surface area contributed by atoms with E-state index in [2.05, 4.69) is 12.1 Å². The monoisotopic (exact) mass is 260 g/mol. The van der Waals surface area contributed by atoms with Gasteiger partial charge in [-0.2, -0.15) is 0 Å². The van der Waals surface area contributed by atoms with E-state index in [0.717, 1.165) is 11.1 Å². The molecule has 102 valence electrons. The molecule has 0 radical (unpaired) electrons. The van der Waals surface area contributed by atoms with Gasteiger partial charge in [-0.05, 0) is 43.7 Å². The molecule has 0 amide bonds. The zero-order valence-corrected chi connectivity index (χ0v) is 11.6. The third-order valence-electron chi connectivity index (χ3n) is 2.81. The molecule has 0 saturated carbocycles. The van der Waals surface area contributed by atoms with E-state index < -0.39 is 0 Å². The van der Waals surface area contributed by atoms with Crippen LogP contribution in [0.4, 0.5) is 0 Å². The van der Waals surface area contributed by atoms with Gasteiger partial charge in [0.15, 0.2) is 12.6 Å². The first-order valence-electron chi connectivity index (χ1n) is 6.61. The molecule has 0 fully saturated rings. The summed E-state index contributed by atoms with van der Waals surface area (Å²) >= 11 is 0. The first-order chi connectivity index (χ1) is 9.19. The van der Waals surface area contributed by atoms with E-state index in [1.165, 1.54) is 5.39 Å². The Morgan fingerprint density at radius 2 is 1.68 bits per heavy atom. The fourth-order valence-electron chi connectivity index (χ4n) is 2.00. The van der Waals surface area contributed by atoms with Crippen molar-refractivity contribution in [3.63, 3.8) is 0 Å². The maximum Gasteiger partial charge on any atom is 0.199 e. The van der Waals surface area contributed by atoms with E-state index in [4.69, 9.17) is 14.2 Å². The highest BCUT2D eigenvalue weighted by Gasteiger charge is 2.09. The molecule has 0 bridgehead atoms. The Kier molecular flexibility index (Phi) is 4.77. The Morgan fingerprint density at radius 3 is 2.42 bits per heavy atom. The highest BCUT2D eigenvalue weighted by atomic mass is 16.8. The van der Waals surface area contributed by atoms with Crippen LogP contribution in [0.5, 0.6) is 5.75 Å². The summed E-state index contributed by atoms with van der Waals surface area (Å²) in [5.74, 6) is 0.801. The summed E-state index contributed by atoms with van der Waals surface area (Å²) in [5, 5.41) is 2.36. The third-order valence-corrected chi connectivity index (χ3v) is 2.81. The van der Waals surface area contributed by atoms with Crippen molar-refractivity contribution >= 4 is 10.8 Å². The van der Waals surface area contributed by atoms with Gasteiger partial charge in [0.1, 0.15) is 5.75 Å². The smallest absolute Gasteiger partial charge is 0.199 e. The van der Waals surface area contributed by atoms with E-state index in [1.54, 1.807) is 0 Å². The van der Waals surface area contributed by atoms with Crippen molar-refractivity contribution in [1.29, 1.82) is 0 Å². The Morgan fingerprint density at radius 1 is 0.947 bits per heavy atom. The highest BCUT2D eigenvalue weighted by Crippen LogP contribution is 2.21. The molecule has 19 heavy (non-hydrogen) atoms. The van der Waals surface area contributed by atoms with E-state index in [1.807, 2.05) is 51.1 Å². The lowest BCUT2D eigenvalue weighted by atomic mass is 10.1. The molecule has 2 aromatic rings. The molecule has 2 unspecified atom stereocenters. The minimum Gasteiger partial charge on any atom is -0.465 e.